The lowest BCUT2D eigenvalue weighted by Crippen LogP contribution is -2.34. The van der Waals surface area contributed by atoms with Gasteiger partial charge in [0.05, 0.1) is 34.4 Å². The third kappa shape index (κ3) is 5.12. The number of hydrogen-bond donors (Lipinski definition) is 1. The fraction of sp³-hybridized carbons (Fsp3) is 0.200. The van der Waals surface area contributed by atoms with Crippen LogP contribution in [0.2, 0.25) is 0 Å². The van der Waals surface area contributed by atoms with Gasteiger partial charge in [-0.2, -0.15) is 0 Å². The molecule has 0 unspecified atom stereocenters. The second kappa shape index (κ2) is 9.38. The maximum atomic E-state index is 14.6. The van der Waals surface area contributed by atoms with Gasteiger partial charge in [-0.1, -0.05) is 0 Å². The number of aryl methyl sites for hydroxylation is 1. The van der Waals surface area contributed by atoms with E-state index in [2.05, 4.69) is 15.0 Å². The molecule has 0 saturated carbocycles. The number of nitrogens with zero attached hydrogens (tertiary/aromatic N) is 4. The highest BCUT2D eigenvalue weighted by atomic mass is 32.2. The van der Waals surface area contributed by atoms with Gasteiger partial charge in [0.25, 0.3) is 5.91 Å². The van der Waals surface area contributed by atoms with Crippen molar-refractivity contribution in [2.45, 2.75) is 31.3 Å². The molecule has 0 aliphatic heterocycles. The van der Waals surface area contributed by atoms with E-state index in [0.29, 0.717) is 22.6 Å². The maximum Gasteiger partial charge on any atom is 0.254 e. The standard InChI is InChI=1S/C25H24FN5O3S/c1-15-11-18-12-17(6-9-22(18)30-24(15)27)25(32)31(16(2)23-21(26)5-4-10-28-23)14-19-7-8-20(13-29-19)35(3,33)34/h4-13,16H,14H2,1-3H3,(H2,27,30)/t16-/m1/s1. The van der Waals surface area contributed by atoms with Crippen molar-refractivity contribution in [2.24, 2.45) is 0 Å². The predicted molar refractivity (Wildman–Crippen MR) is 131 cm³/mol. The van der Waals surface area contributed by atoms with Crippen LogP contribution in [0.3, 0.4) is 0 Å². The molecule has 1 atom stereocenters. The summed E-state index contributed by atoms with van der Waals surface area (Å²) in [5.41, 5.74) is 8.27. The number of anilines is 1. The van der Waals surface area contributed by atoms with E-state index >= 15 is 0 Å². The molecule has 0 bridgehead atoms. The second-order valence-corrected chi connectivity index (χ2v) is 10.4. The smallest absolute Gasteiger partial charge is 0.254 e. The lowest BCUT2D eigenvalue weighted by molar-refractivity contribution is 0.0664. The topological polar surface area (TPSA) is 119 Å². The summed E-state index contributed by atoms with van der Waals surface area (Å²) >= 11 is 0. The summed E-state index contributed by atoms with van der Waals surface area (Å²) in [6, 6.07) is 11.9. The number of carbonyl (C=O) groups excluding carboxylic acids is 1. The zero-order chi connectivity index (χ0) is 25.3. The molecule has 0 radical (unpaired) electrons. The van der Waals surface area contributed by atoms with E-state index < -0.39 is 21.7 Å². The largest absolute Gasteiger partial charge is 0.383 e. The van der Waals surface area contributed by atoms with Crippen molar-refractivity contribution in [3.05, 3.63) is 89.3 Å². The first-order chi connectivity index (χ1) is 16.5. The predicted octanol–water partition coefficient (Wildman–Crippen LogP) is 3.86. The first-order valence-corrected chi connectivity index (χ1v) is 12.7. The van der Waals surface area contributed by atoms with Crippen molar-refractivity contribution in [2.75, 3.05) is 12.0 Å². The van der Waals surface area contributed by atoms with E-state index in [1.54, 1.807) is 25.1 Å². The Morgan fingerprint density at radius 1 is 1.14 bits per heavy atom. The number of rotatable bonds is 6. The van der Waals surface area contributed by atoms with E-state index in [4.69, 9.17) is 5.73 Å². The van der Waals surface area contributed by atoms with Gasteiger partial charge in [-0.15, -0.1) is 0 Å². The second-order valence-electron chi connectivity index (χ2n) is 8.33. The van der Waals surface area contributed by atoms with Gasteiger partial charge < -0.3 is 10.6 Å². The minimum atomic E-state index is -3.42. The molecule has 4 aromatic rings. The average molecular weight is 494 g/mol. The van der Waals surface area contributed by atoms with Gasteiger partial charge in [-0.05, 0) is 67.9 Å². The number of carbonyl (C=O) groups is 1. The minimum absolute atomic E-state index is 0.0110. The third-order valence-corrected chi connectivity index (χ3v) is 6.86. The zero-order valence-electron chi connectivity index (χ0n) is 19.4. The molecule has 0 spiro atoms. The van der Waals surface area contributed by atoms with Gasteiger partial charge in [0.1, 0.15) is 11.6 Å². The summed E-state index contributed by atoms with van der Waals surface area (Å²) < 4.78 is 38.1. The van der Waals surface area contributed by atoms with Gasteiger partial charge >= 0.3 is 0 Å². The highest BCUT2D eigenvalue weighted by Gasteiger charge is 2.27. The highest BCUT2D eigenvalue weighted by molar-refractivity contribution is 7.90. The van der Waals surface area contributed by atoms with Crippen molar-refractivity contribution in [3.63, 3.8) is 0 Å². The lowest BCUT2D eigenvalue weighted by atomic mass is 10.1. The number of nitrogens with two attached hydrogens (primary N) is 1. The molecular formula is C25H24FN5O3S. The van der Waals surface area contributed by atoms with Gasteiger partial charge in [0.15, 0.2) is 9.84 Å². The van der Waals surface area contributed by atoms with E-state index in [0.717, 1.165) is 17.2 Å². The molecule has 0 aliphatic rings. The van der Waals surface area contributed by atoms with Crippen LogP contribution in [0.25, 0.3) is 10.9 Å². The lowest BCUT2D eigenvalue weighted by Gasteiger charge is -2.29. The number of benzene rings is 1. The van der Waals surface area contributed by atoms with Crippen LogP contribution in [0.4, 0.5) is 10.2 Å². The molecule has 35 heavy (non-hydrogen) atoms. The van der Waals surface area contributed by atoms with E-state index in [9.17, 15) is 17.6 Å². The van der Waals surface area contributed by atoms with Crippen molar-refractivity contribution in [1.29, 1.82) is 0 Å². The SMILES string of the molecule is Cc1cc2cc(C(=O)N(Cc3ccc(S(C)(=O)=O)cn3)[C@H](C)c3ncccc3F)ccc2nc1N. The van der Waals surface area contributed by atoms with Gasteiger partial charge in [0.2, 0.25) is 0 Å². The molecule has 3 heterocycles. The van der Waals surface area contributed by atoms with Crippen LogP contribution in [-0.4, -0.2) is 40.4 Å². The van der Waals surface area contributed by atoms with Crippen molar-refractivity contribution < 1.29 is 17.6 Å². The fourth-order valence-corrected chi connectivity index (χ4v) is 4.29. The number of hydrogen-bond acceptors (Lipinski definition) is 7. The third-order valence-electron chi connectivity index (χ3n) is 5.76. The Hall–Kier alpha value is -3.92. The van der Waals surface area contributed by atoms with Crippen LogP contribution in [0.1, 0.15) is 40.3 Å². The van der Waals surface area contributed by atoms with E-state index in [1.807, 2.05) is 13.0 Å². The van der Waals surface area contributed by atoms with Crippen LogP contribution in [0.15, 0.2) is 65.8 Å². The first-order valence-electron chi connectivity index (χ1n) is 10.8. The summed E-state index contributed by atoms with van der Waals surface area (Å²) in [6.45, 7) is 3.53. The number of pyridine rings is 3. The number of amides is 1. The van der Waals surface area contributed by atoms with Crippen LogP contribution >= 0.6 is 0 Å². The van der Waals surface area contributed by atoms with Crippen LogP contribution in [0.5, 0.6) is 0 Å². The number of halogens is 1. The molecule has 4 rings (SSSR count). The summed E-state index contributed by atoms with van der Waals surface area (Å²) in [4.78, 5) is 27.9. The summed E-state index contributed by atoms with van der Waals surface area (Å²) in [6.07, 6.45) is 3.80. The molecule has 180 valence electrons. The normalized spacial score (nSPS) is 12.5. The molecule has 2 N–H and O–H groups in total. The molecule has 0 aliphatic carbocycles. The van der Waals surface area contributed by atoms with E-state index in [1.165, 1.54) is 41.6 Å². The molecule has 3 aromatic heterocycles. The molecule has 1 aromatic carbocycles. The Morgan fingerprint density at radius 2 is 1.91 bits per heavy atom. The van der Waals surface area contributed by atoms with Gasteiger partial charge in [-0.25, -0.2) is 17.8 Å². The molecule has 8 nitrogen and oxygen atoms in total. The van der Waals surface area contributed by atoms with Crippen molar-refractivity contribution in [3.8, 4) is 0 Å². The average Bonchev–Trinajstić information content (AvgIpc) is 2.82. The van der Waals surface area contributed by atoms with Crippen LogP contribution in [-0.2, 0) is 16.4 Å². The Balaban J connectivity index is 1.74. The molecular weight excluding hydrogens is 469 g/mol. The van der Waals surface area contributed by atoms with Crippen LogP contribution in [0, 0.1) is 12.7 Å². The number of nitrogen functional groups attached to an aromatic ring is 1. The van der Waals surface area contributed by atoms with Crippen LogP contribution < -0.4 is 5.73 Å². The van der Waals surface area contributed by atoms with Gasteiger partial charge in [0, 0.05) is 29.6 Å². The number of fused-ring (bicyclic) bond motifs is 1. The summed E-state index contributed by atoms with van der Waals surface area (Å²) in [5.74, 6) is -0.485. The quantitative estimate of drug-likeness (QED) is 0.433. The Kier molecular flexibility index (Phi) is 6.49. The Labute approximate surface area is 202 Å². The summed E-state index contributed by atoms with van der Waals surface area (Å²) in [5, 5.41) is 0.745. The van der Waals surface area contributed by atoms with Crippen molar-refractivity contribution >= 4 is 32.5 Å². The van der Waals surface area contributed by atoms with E-state index in [-0.39, 0.29) is 23.0 Å². The monoisotopic (exact) mass is 493 g/mol. The minimum Gasteiger partial charge on any atom is -0.383 e. The maximum absolute atomic E-state index is 14.6. The zero-order valence-corrected chi connectivity index (χ0v) is 20.3. The molecule has 1 amide bonds. The first kappa shape index (κ1) is 24.2. The number of aromatic nitrogens is 3. The fourth-order valence-electron chi connectivity index (χ4n) is 3.73. The highest BCUT2D eigenvalue weighted by Crippen LogP contribution is 2.27. The molecule has 0 fully saturated rings. The van der Waals surface area contributed by atoms with Crippen molar-refractivity contribution in [1.82, 2.24) is 19.9 Å². The van der Waals surface area contributed by atoms with Gasteiger partial charge in [-0.3, -0.25) is 14.8 Å². The summed E-state index contributed by atoms with van der Waals surface area (Å²) in [7, 11) is -3.42. The molecule has 10 heteroatoms. The Bertz CT molecular complexity index is 1520. The Morgan fingerprint density at radius 3 is 2.57 bits per heavy atom. The molecule has 0 saturated heterocycles. The number of sulfone groups is 1.